The summed E-state index contributed by atoms with van der Waals surface area (Å²) < 4.78 is 0. The average molecular weight is 471 g/mol. The third-order valence-electron chi connectivity index (χ3n) is 13.2. The number of carboxylic acid groups (broad SMARTS) is 1. The number of carbonyl (C=O) groups excluding carboxylic acids is 1. The summed E-state index contributed by atoms with van der Waals surface area (Å²) >= 11 is 0. The lowest BCUT2D eigenvalue weighted by molar-refractivity contribution is -0.194. The van der Waals surface area contributed by atoms with Crippen LogP contribution in [0.25, 0.3) is 0 Å². The fraction of sp³-hybridized carbons (Fsp3) is 0.867. The van der Waals surface area contributed by atoms with Gasteiger partial charge in [0.25, 0.3) is 0 Å². The van der Waals surface area contributed by atoms with Crippen molar-refractivity contribution in [2.45, 2.75) is 106 Å². The molecule has 4 nitrogen and oxygen atoms in total. The number of aliphatic hydroxyl groups excluding tert-OH is 1. The number of rotatable bonds is 1. The fourth-order valence-corrected chi connectivity index (χ4v) is 10.8. The molecule has 5 aliphatic rings. The molecule has 0 aliphatic heterocycles. The lowest BCUT2D eigenvalue weighted by atomic mass is 9.33. The minimum absolute atomic E-state index is 0.00798. The monoisotopic (exact) mass is 470 g/mol. The van der Waals surface area contributed by atoms with Crippen molar-refractivity contribution >= 4 is 11.8 Å². The van der Waals surface area contributed by atoms with Gasteiger partial charge in [-0.1, -0.05) is 60.1 Å². The van der Waals surface area contributed by atoms with E-state index < -0.39 is 18.0 Å². The van der Waals surface area contributed by atoms with Crippen LogP contribution < -0.4 is 0 Å². The third-order valence-corrected chi connectivity index (χ3v) is 13.2. The van der Waals surface area contributed by atoms with Crippen molar-refractivity contribution in [3.8, 4) is 0 Å². The van der Waals surface area contributed by atoms with Crippen molar-refractivity contribution in [3.63, 3.8) is 0 Å². The van der Waals surface area contributed by atoms with Gasteiger partial charge in [-0.15, -0.1) is 0 Å². The summed E-state index contributed by atoms with van der Waals surface area (Å²) in [6.07, 6.45) is 9.26. The second kappa shape index (κ2) is 7.20. The van der Waals surface area contributed by atoms with E-state index in [-0.39, 0.29) is 38.9 Å². The molecule has 0 radical (unpaired) electrons. The van der Waals surface area contributed by atoms with E-state index in [0.717, 1.165) is 38.5 Å². The number of ketones is 1. The van der Waals surface area contributed by atoms with E-state index in [1.54, 1.807) is 0 Å². The van der Waals surface area contributed by atoms with Crippen molar-refractivity contribution in [3.05, 3.63) is 11.6 Å². The largest absolute Gasteiger partial charge is 0.481 e. The number of carbonyl (C=O) groups is 2. The molecule has 0 saturated heterocycles. The normalized spacial score (nSPS) is 54.1. The topological polar surface area (TPSA) is 74.6 Å². The highest BCUT2D eigenvalue weighted by atomic mass is 16.4. The predicted octanol–water partition coefficient (Wildman–Crippen LogP) is 6.27. The van der Waals surface area contributed by atoms with Crippen LogP contribution in [0.2, 0.25) is 0 Å². The summed E-state index contributed by atoms with van der Waals surface area (Å²) in [4.78, 5) is 25.1. The Bertz CT molecular complexity index is 949. The molecule has 0 heterocycles. The summed E-state index contributed by atoms with van der Waals surface area (Å²) in [6, 6.07) is 0. The molecule has 0 bridgehead atoms. The number of fused-ring (bicyclic) bond motifs is 7. The lowest BCUT2D eigenvalue weighted by Crippen LogP contribution is -2.65. The van der Waals surface area contributed by atoms with Crippen LogP contribution >= 0.6 is 0 Å². The molecule has 0 amide bonds. The van der Waals surface area contributed by atoms with Crippen LogP contribution in [0.5, 0.6) is 0 Å². The number of aliphatic carboxylic acids is 1. The maximum Gasteiger partial charge on any atom is 0.306 e. The van der Waals surface area contributed by atoms with E-state index in [1.165, 1.54) is 5.57 Å². The standard InChI is InChI=1S/C30H46O4/c1-17-18(25(33)34)16-23(32)28(5)14-15-29(6)19(24(17)28)8-9-21-27(4)12-11-22(31)26(2,3)20(27)10-13-30(21,29)7/h8,17-18,20-21,23-24,32H,9-16H2,1-7H3,(H,33,34)/t17-,18+,20+,21+,23+,24-,27-,28-,29+,30+/m0/s1. The Morgan fingerprint density at radius 1 is 0.971 bits per heavy atom. The highest BCUT2D eigenvalue weighted by Gasteiger charge is 2.69. The fourth-order valence-electron chi connectivity index (χ4n) is 10.8. The average Bonchev–Trinajstić information content (AvgIpc) is 2.74. The van der Waals surface area contributed by atoms with Gasteiger partial charge in [0, 0.05) is 17.3 Å². The molecule has 10 atom stereocenters. The van der Waals surface area contributed by atoms with Gasteiger partial charge in [-0.25, -0.2) is 0 Å². The maximum absolute atomic E-state index is 12.9. The molecular formula is C30H46O4. The zero-order valence-electron chi connectivity index (χ0n) is 22.4. The van der Waals surface area contributed by atoms with Gasteiger partial charge in [0.1, 0.15) is 5.78 Å². The number of carboxylic acids is 1. The first-order valence-corrected chi connectivity index (χ1v) is 13.8. The van der Waals surface area contributed by atoms with E-state index >= 15 is 0 Å². The summed E-state index contributed by atoms with van der Waals surface area (Å²) in [5.74, 6) is 0.291. The Morgan fingerprint density at radius 2 is 1.65 bits per heavy atom. The molecule has 190 valence electrons. The summed E-state index contributed by atoms with van der Waals surface area (Å²) in [5.41, 5.74) is 1.24. The van der Waals surface area contributed by atoms with Gasteiger partial charge in [0.15, 0.2) is 0 Å². The lowest BCUT2D eigenvalue weighted by Gasteiger charge is -2.71. The molecule has 2 N–H and O–H groups in total. The molecular weight excluding hydrogens is 424 g/mol. The predicted molar refractivity (Wildman–Crippen MR) is 133 cm³/mol. The maximum atomic E-state index is 12.9. The van der Waals surface area contributed by atoms with E-state index in [4.69, 9.17) is 0 Å². The first kappa shape index (κ1) is 24.5. The van der Waals surface area contributed by atoms with Gasteiger partial charge in [-0.2, -0.15) is 0 Å². The van der Waals surface area contributed by atoms with Crippen LogP contribution in [0.15, 0.2) is 11.6 Å². The van der Waals surface area contributed by atoms with Crippen LogP contribution in [0, 0.1) is 56.7 Å². The number of aliphatic hydroxyl groups is 1. The quantitative estimate of drug-likeness (QED) is 0.443. The van der Waals surface area contributed by atoms with Gasteiger partial charge in [-0.05, 0) is 84.9 Å². The SMILES string of the molecule is C[C@@H]1[C@H]2C3=CC[C@@H]4[C@@]5(C)CCC(=O)C(C)(C)[C@H]5CC[C@@]4(C)[C@]3(C)CC[C@@]2(C)[C@H](O)C[C@H]1C(=O)O. The summed E-state index contributed by atoms with van der Waals surface area (Å²) in [7, 11) is 0. The van der Waals surface area contributed by atoms with Crippen molar-refractivity contribution < 1.29 is 19.8 Å². The molecule has 0 aromatic heterocycles. The zero-order chi connectivity index (χ0) is 25.1. The van der Waals surface area contributed by atoms with Crippen LogP contribution in [0.1, 0.15) is 99.8 Å². The highest BCUT2D eigenvalue weighted by molar-refractivity contribution is 5.85. The van der Waals surface area contributed by atoms with Crippen LogP contribution in [-0.2, 0) is 9.59 Å². The molecule has 0 aromatic rings. The van der Waals surface area contributed by atoms with Crippen molar-refractivity contribution in [2.75, 3.05) is 0 Å². The zero-order valence-corrected chi connectivity index (χ0v) is 22.4. The summed E-state index contributed by atoms with van der Waals surface area (Å²) in [6.45, 7) is 16.2. The Morgan fingerprint density at radius 3 is 2.29 bits per heavy atom. The smallest absolute Gasteiger partial charge is 0.306 e. The molecule has 4 heteroatoms. The van der Waals surface area contributed by atoms with Gasteiger partial charge < -0.3 is 10.2 Å². The molecule has 5 rings (SSSR count). The van der Waals surface area contributed by atoms with Gasteiger partial charge in [0.2, 0.25) is 0 Å². The minimum atomic E-state index is -0.761. The van der Waals surface area contributed by atoms with Gasteiger partial charge in [-0.3, -0.25) is 9.59 Å². The minimum Gasteiger partial charge on any atom is -0.481 e. The van der Waals surface area contributed by atoms with Gasteiger partial charge in [0.05, 0.1) is 12.0 Å². The molecule has 5 aliphatic carbocycles. The molecule has 4 fully saturated rings. The summed E-state index contributed by atoms with van der Waals surface area (Å²) in [5, 5.41) is 21.2. The first-order valence-electron chi connectivity index (χ1n) is 13.8. The number of Topliss-reactive ketones (excluding diaryl/α,β-unsaturated/α-hetero) is 1. The van der Waals surface area contributed by atoms with E-state index in [1.807, 2.05) is 0 Å². The molecule has 0 spiro atoms. The van der Waals surface area contributed by atoms with E-state index in [9.17, 15) is 19.8 Å². The molecule has 4 saturated carbocycles. The van der Waals surface area contributed by atoms with E-state index in [0.29, 0.717) is 30.5 Å². The highest BCUT2D eigenvalue weighted by Crippen LogP contribution is 2.75. The molecule has 0 aromatic carbocycles. The second-order valence-electron chi connectivity index (χ2n) is 14.5. The molecule has 0 unspecified atom stereocenters. The van der Waals surface area contributed by atoms with Crippen molar-refractivity contribution in [2.24, 2.45) is 56.7 Å². The number of hydrogen-bond acceptors (Lipinski definition) is 3. The van der Waals surface area contributed by atoms with Crippen molar-refractivity contribution in [1.29, 1.82) is 0 Å². The van der Waals surface area contributed by atoms with Crippen molar-refractivity contribution in [1.82, 2.24) is 0 Å². The van der Waals surface area contributed by atoms with Crippen LogP contribution in [0.4, 0.5) is 0 Å². The number of hydrogen-bond donors (Lipinski definition) is 2. The van der Waals surface area contributed by atoms with E-state index in [2.05, 4.69) is 54.5 Å². The van der Waals surface area contributed by atoms with Crippen LogP contribution in [-0.4, -0.2) is 28.1 Å². The molecule has 34 heavy (non-hydrogen) atoms. The first-order chi connectivity index (χ1) is 15.6. The van der Waals surface area contributed by atoms with Crippen LogP contribution in [0.3, 0.4) is 0 Å². The third kappa shape index (κ3) is 2.75. The Balaban J connectivity index is 1.60. The Hall–Kier alpha value is -1.16. The Labute approximate surface area is 206 Å². The van der Waals surface area contributed by atoms with Gasteiger partial charge >= 0.3 is 5.97 Å². The Kier molecular flexibility index (Phi) is 5.20. The number of allylic oxidation sites excluding steroid dienone is 2. The second-order valence-corrected chi connectivity index (χ2v) is 14.5.